The Bertz CT molecular complexity index is 851. The van der Waals surface area contributed by atoms with Gasteiger partial charge in [-0.25, -0.2) is 0 Å². The lowest BCUT2D eigenvalue weighted by atomic mass is 9.71. The van der Waals surface area contributed by atoms with Gasteiger partial charge in [-0.15, -0.1) is 0 Å². The standard InChI is InChI=1S/C22H16N2/c1-22(19-5-3-2-4-6-19,20-11-7-17(15-23)8-12-20)21-13-9-18(16-24)10-14-21/h2-14H,1H3. The SMILES string of the molecule is CC(c1ccccc1)(c1ccc(C#N)cc1)c1ccc(C#N)cc1. The molecule has 0 saturated heterocycles. The van der Waals surface area contributed by atoms with Gasteiger partial charge in [0.1, 0.15) is 0 Å². The van der Waals surface area contributed by atoms with Crippen LogP contribution in [0, 0.1) is 22.7 Å². The van der Waals surface area contributed by atoms with E-state index >= 15 is 0 Å². The van der Waals surface area contributed by atoms with E-state index in [1.54, 1.807) is 0 Å². The highest BCUT2D eigenvalue weighted by molar-refractivity contribution is 5.51. The summed E-state index contributed by atoms with van der Waals surface area (Å²) in [5, 5.41) is 18.1. The second-order valence-corrected chi connectivity index (χ2v) is 5.87. The van der Waals surface area contributed by atoms with Crippen molar-refractivity contribution in [2.75, 3.05) is 0 Å². The first-order valence-corrected chi connectivity index (χ1v) is 7.75. The summed E-state index contributed by atoms with van der Waals surface area (Å²) < 4.78 is 0. The molecule has 3 rings (SSSR count). The lowest BCUT2D eigenvalue weighted by Gasteiger charge is -2.32. The van der Waals surface area contributed by atoms with Crippen molar-refractivity contribution in [1.82, 2.24) is 0 Å². The molecule has 2 heteroatoms. The van der Waals surface area contributed by atoms with E-state index in [4.69, 9.17) is 10.5 Å². The summed E-state index contributed by atoms with van der Waals surface area (Å²) in [5.41, 5.74) is 4.32. The molecule has 0 aliphatic heterocycles. The maximum absolute atomic E-state index is 9.04. The van der Waals surface area contributed by atoms with Crippen LogP contribution >= 0.6 is 0 Å². The number of nitrogens with zero attached hydrogens (tertiary/aromatic N) is 2. The molecule has 0 aliphatic carbocycles. The smallest absolute Gasteiger partial charge is 0.0991 e. The zero-order chi connectivity index (χ0) is 17.0. The van der Waals surface area contributed by atoms with E-state index in [0.29, 0.717) is 11.1 Å². The first-order valence-electron chi connectivity index (χ1n) is 7.75. The molecule has 0 atom stereocenters. The average Bonchev–Trinajstić information content (AvgIpc) is 2.68. The maximum atomic E-state index is 9.04. The van der Waals surface area contributed by atoms with Crippen molar-refractivity contribution in [2.24, 2.45) is 0 Å². The molecule has 0 bridgehead atoms. The van der Waals surface area contributed by atoms with Gasteiger partial charge >= 0.3 is 0 Å². The molecular formula is C22H16N2. The van der Waals surface area contributed by atoms with Crippen LogP contribution in [0.2, 0.25) is 0 Å². The highest BCUT2D eigenvalue weighted by Gasteiger charge is 2.30. The molecule has 0 radical (unpaired) electrons. The van der Waals surface area contributed by atoms with Crippen LogP contribution in [0.15, 0.2) is 78.9 Å². The van der Waals surface area contributed by atoms with Crippen LogP contribution in [-0.2, 0) is 5.41 Å². The summed E-state index contributed by atoms with van der Waals surface area (Å²) in [6.45, 7) is 2.17. The molecule has 0 fully saturated rings. The van der Waals surface area contributed by atoms with E-state index in [1.807, 2.05) is 66.7 Å². The molecule has 114 valence electrons. The summed E-state index contributed by atoms with van der Waals surface area (Å²) in [5.74, 6) is 0. The topological polar surface area (TPSA) is 47.6 Å². The van der Waals surface area contributed by atoms with Gasteiger partial charge in [0.2, 0.25) is 0 Å². The molecule has 0 aromatic heterocycles. The van der Waals surface area contributed by atoms with Crippen LogP contribution in [0.5, 0.6) is 0 Å². The third kappa shape index (κ3) is 2.67. The summed E-state index contributed by atoms with van der Waals surface area (Å²) in [6, 6.07) is 30.0. The predicted molar refractivity (Wildman–Crippen MR) is 94.3 cm³/mol. The van der Waals surface area contributed by atoms with Crippen molar-refractivity contribution in [2.45, 2.75) is 12.3 Å². The predicted octanol–water partition coefficient (Wildman–Crippen LogP) is 4.78. The molecule has 2 nitrogen and oxygen atoms in total. The number of benzene rings is 3. The lowest BCUT2D eigenvalue weighted by molar-refractivity contribution is 0.692. The van der Waals surface area contributed by atoms with Crippen LogP contribution < -0.4 is 0 Å². The molecule has 3 aromatic carbocycles. The minimum Gasteiger partial charge on any atom is -0.192 e. The minimum absolute atomic E-state index is 0.358. The lowest BCUT2D eigenvalue weighted by Crippen LogP contribution is -2.25. The Morgan fingerprint density at radius 1 is 0.583 bits per heavy atom. The van der Waals surface area contributed by atoms with E-state index in [2.05, 4.69) is 31.2 Å². The van der Waals surface area contributed by atoms with Crippen molar-refractivity contribution in [3.8, 4) is 12.1 Å². The highest BCUT2D eigenvalue weighted by Crippen LogP contribution is 2.38. The monoisotopic (exact) mass is 308 g/mol. The van der Waals surface area contributed by atoms with Crippen LogP contribution in [0.25, 0.3) is 0 Å². The van der Waals surface area contributed by atoms with Crippen molar-refractivity contribution < 1.29 is 0 Å². The second kappa shape index (κ2) is 6.41. The van der Waals surface area contributed by atoms with Crippen molar-refractivity contribution in [3.05, 3.63) is 107 Å². The molecule has 0 unspecified atom stereocenters. The number of nitriles is 2. The Balaban J connectivity index is 2.20. The average molecular weight is 308 g/mol. The third-order valence-corrected chi connectivity index (χ3v) is 4.53. The van der Waals surface area contributed by atoms with Crippen LogP contribution in [0.1, 0.15) is 34.7 Å². The van der Waals surface area contributed by atoms with E-state index in [9.17, 15) is 0 Å². The number of hydrogen-bond acceptors (Lipinski definition) is 2. The van der Waals surface area contributed by atoms with Crippen molar-refractivity contribution in [3.63, 3.8) is 0 Å². The summed E-state index contributed by atoms with van der Waals surface area (Å²) in [7, 11) is 0. The normalized spacial score (nSPS) is 10.6. The molecule has 0 aliphatic rings. The highest BCUT2D eigenvalue weighted by atomic mass is 14.3. The second-order valence-electron chi connectivity index (χ2n) is 5.87. The maximum Gasteiger partial charge on any atom is 0.0991 e. The van der Waals surface area contributed by atoms with Gasteiger partial charge in [0, 0.05) is 5.41 Å². The van der Waals surface area contributed by atoms with Gasteiger partial charge in [-0.1, -0.05) is 54.6 Å². The van der Waals surface area contributed by atoms with Crippen LogP contribution in [0.3, 0.4) is 0 Å². The van der Waals surface area contributed by atoms with Crippen molar-refractivity contribution >= 4 is 0 Å². The Kier molecular flexibility index (Phi) is 4.15. The van der Waals surface area contributed by atoms with Gasteiger partial charge in [-0.3, -0.25) is 0 Å². The van der Waals surface area contributed by atoms with Gasteiger partial charge in [0.05, 0.1) is 23.3 Å². The first-order chi connectivity index (χ1) is 11.7. The van der Waals surface area contributed by atoms with Gasteiger partial charge in [-0.2, -0.15) is 10.5 Å². The zero-order valence-electron chi connectivity index (χ0n) is 13.4. The Morgan fingerprint density at radius 2 is 0.958 bits per heavy atom. The van der Waals surface area contributed by atoms with E-state index in [0.717, 1.165) is 11.1 Å². The minimum atomic E-state index is -0.358. The van der Waals surface area contributed by atoms with E-state index in [1.165, 1.54) is 5.56 Å². The van der Waals surface area contributed by atoms with Gasteiger partial charge in [0.25, 0.3) is 0 Å². The van der Waals surface area contributed by atoms with Crippen molar-refractivity contribution in [1.29, 1.82) is 10.5 Å². The molecule has 0 amide bonds. The number of rotatable bonds is 3. The van der Waals surface area contributed by atoms with Gasteiger partial charge < -0.3 is 0 Å². The van der Waals surface area contributed by atoms with Gasteiger partial charge in [-0.05, 0) is 47.9 Å². The first kappa shape index (κ1) is 15.5. The Hall–Kier alpha value is -3.36. The fourth-order valence-electron chi connectivity index (χ4n) is 3.03. The molecule has 3 aromatic rings. The van der Waals surface area contributed by atoms with Gasteiger partial charge in [0.15, 0.2) is 0 Å². The molecule has 0 N–H and O–H groups in total. The van der Waals surface area contributed by atoms with E-state index in [-0.39, 0.29) is 5.41 Å². The summed E-state index contributed by atoms with van der Waals surface area (Å²) in [6.07, 6.45) is 0. The zero-order valence-corrected chi connectivity index (χ0v) is 13.4. The van der Waals surface area contributed by atoms with E-state index < -0.39 is 0 Å². The molecular weight excluding hydrogens is 292 g/mol. The Labute approximate surface area is 142 Å². The number of hydrogen-bond donors (Lipinski definition) is 0. The molecule has 0 saturated carbocycles. The summed E-state index contributed by atoms with van der Waals surface area (Å²) >= 11 is 0. The summed E-state index contributed by atoms with van der Waals surface area (Å²) in [4.78, 5) is 0. The fraction of sp³-hybridized carbons (Fsp3) is 0.0909. The fourth-order valence-corrected chi connectivity index (χ4v) is 3.03. The molecule has 0 heterocycles. The Morgan fingerprint density at radius 3 is 1.33 bits per heavy atom. The third-order valence-electron chi connectivity index (χ3n) is 4.53. The quantitative estimate of drug-likeness (QED) is 0.653. The molecule has 0 spiro atoms. The van der Waals surface area contributed by atoms with Crippen LogP contribution in [0.4, 0.5) is 0 Å². The van der Waals surface area contributed by atoms with Crippen LogP contribution in [-0.4, -0.2) is 0 Å². The molecule has 24 heavy (non-hydrogen) atoms. The largest absolute Gasteiger partial charge is 0.192 e.